The highest BCUT2D eigenvalue weighted by Gasteiger charge is 2.18. The van der Waals surface area contributed by atoms with Crippen molar-refractivity contribution in [3.63, 3.8) is 0 Å². The van der Waals surface area contributed by atoms with Gasteiger partial charge in [-0.1, -0.05) is 31.0 Å². The average molecular weight is 339 g/mol. The summed E-state index contributed by atoms with van der Waals surface area (Å²) in [5, 5.41) is 2.89. The fraction of sp³-hybridized carbons (Fsp3) is 0.300. The molecule has 1 amide bonds. The van der Waals surface area contributed by atoms with Crippen molar-refractivity contribution in [2.24, 2.45) is 0 Å². The third kappa shape index (κ3) is 5.08. The van der Waals surface area contributed by atoms with Crippen LogP contribution >= 0.6 is 0 Å². The zero-order valence-electron chi connectivity index (χ0n) is 13.9. The van der Waals surface area contributed by atoms with Crippen molar-refractivity contribution in [2.45, 2.75) is 31.7 Å². The molecule has 0 aromatic heterocycles. The lowest BCUT2D eigenvalue weighted by Gasteiger charge is -2.12. The lowest BCUT2D eigenvalue weighted by Crippen LogP contribution is -2.35. The first-order valence-corrected chi connectivity index (χ1v) is 8.50. The predicted molar refractivity (Wildman–Crippen MR) is 93.6 cm³/mol. The Labute approximate surface area is 147 Å². The summed E-state index contributed by atoms with van der Waals surface area (Å²) in [6, 6.07) is 16.2. The summed E-state index contributed by atoms with van der Waals surface area (Å²) in [5.41, 5.74) is 0.383. The molecule has 3 rings (SSSR count). The molecule has 0 unspecified atom stereocenters. The van der Waals surface area contributed by atoms with E-state index in [2.05, 4.69) is 5.32 Å². The number of carbonyl (C=O) groups is 2. The molecule has 5 heteroatoms. The number of nitrogens with one attached hydrogen (secondary N) is 1. The van der Waals surface area contributed by atoms with Crippen LogP contribution in [-0.4, -0.2) is 24.5 Å². The molecule has 0 spiro atoms. The van der Waals surface area contributed by atoms with Crippen LogP contribution in [0.2, 0.25) is 0 Å². The minimum atomic E-state index is -0.521. The number of esters is 1. The van der Waals surface area contributed by atoms with Crippen LogP contribution in [0.5, 0.6) is 11.5 Å². The average Bonchev–Trinajstić information content (AvgIpc) is 3.14. The highest BCUT2D eigenvalue weighted by molar-refractivity contribution is 5.91. The van der Waals surface area contributed by atoms with Gasteiger partial charge in [-0.2, -0.15) is 0 Å². The molecule has 1 aliphatic rings. The maximum absolute atomic E-state index is 12.0. The largest absolute Gasteiger partial charge is 0.457 e. The van der Waals surface area contributed by atoms with Gasteiger partial charge >= 0.3 is 5.97 Å². The molecule has 0 bridgehead atoms. The quantitative estimate of drug-likeness (QED) is 0.815. The number of benzene rings is 2. The van der Waals surface area contributed by atoms with E-state index in [0.29, 0.717) is 11.3 Å². The SMILES string of the molecule is O=C(COC(=O)c1ccc(Oc2ccccc2)cc1)NC1CCCC1. The van der Waals surface area contributed by atoms with E-state index in [9.17, 15) is 9.59 Å². The number of rotatable bonds is 6. The van der Waals surface area contributed by atoms with Gasteiger partial charge < -0.3 is 14.8 Å². The summed E-state index contributed by atoms with van der Waals surface area (Å²) < 4.78 is 10.7. The second-order valence-electron chi connectivity index (χ2n) is 6.06. The van der Waals surface area contributed by atoms with Crippen molar-refractivity contribution >= 4 is 11.9 Å². The lowest BCUT2D eigenvalue weighted by atomic mass is 10.2. The zero-order chi connectivity index (χ0) is 17.5. The van der Waals surface area contributed by atoms with Gasteiger partial charge in [-0.05, 0) is 49.2 Å². The fourth-order valence-electron chi connectivity index (χ4n) is 2.84. The molecular formula is C20H21NO4. The highest BCUT2D eigenvalue weighted by atomic mass is 16.5. The van der Waals surface area contributed by atoms with E-state index in [0.717, 1.165) is 31.4 Å². The summed E-state index contributed by atoms with van der Waals surface area (Å²) in [7, 11) is 0. The van der Waals surface area contributed by atoms with Crippen LogP contribution in [0, 0.1) is 0 Å². The number of carbonyl (C=O) groups excluding carboxylic acids is 2. The third-order valence-electron chi connectivity index (χ3n) is 4.12. The minimum Gasteiger partial charge on any atom is -0.457 e. The highest BCUT2D eigenvalue weighted by Crippen LogP contribution is 2.21. The van der Waals surface area contributed by atoms with Crippen molar-refractivity contribution in [1.29, 1.82) is 0 Å². The Morgan fingerprint density at radius 1 is 0.920 bits per heavy atom. The van der Waals surface area contributed by atoms with Gasteiger partial charge in [-0.15, -0.1) is 0 Å². The van der Waals surface area contributed by atoms with Crippen molar-refractivity contribution in [3.8, 4) is 11.5 Å². The number of hydrogen-bond acceptors (Lipinski definition) is 4. The molecule has 2 aromatic rings. The standard InChI is InChI=1S/C20H21NO4/c22-19(21-16-6-4-5-7-16)14-24-20(23)15-10-12-18(13-11-15)25-17-8-2-1-3-9-17/h1-3,8-13,16H,4-7,14H2,(H,21,22). The summed E-state index contributed by atoms with van der Waals surface area (Å²) >= 11 is 0. The number of para-hydroxylation sites is 1. The molecule has 0 heterocycles. The van der Waals surface area contributed by atoms with Gasteiger partial charge in [0.25, 0.3) is 5.91 Å². The van der Waals surface area contributed by atoms with Gasteiger partial charge in [0.15, 0.2) is 6.61 Å². The van der Waals surface area contributed by atoms with Crippen LogP contribution in [0.1, 0.15) is 36.0 Å². The lowest BCUT2D eigenvalue weighted by molar-refractivity contribution is -0.124. The second kappa shape index (κ2) is 8.33. The van der Waals surface area contributed by atoms with Gasteiger partial charge in [-0.25, -0.2) is 4.79 Å². The first-order chi connectivity index (χ1) is 12.2. The summed E-state index contributed by atoms with van der Waals surface area (Å²) in [6.07, 6.45) is 4.29. The summed E-state index contributed by atoms with van der Waals surface area (Å²) in [6.45, 7) is -0.252. The number of ether oxygens (including phenoxy) is 2. The van der Waals surface area contributed by atoms with E-state index in [1.54, 1.807) is 24.3 Å². The smallest absolute Gasteiger partial charge is 0.338 e. The Bertz CT molecular complexity index is 706. The van der Waals surface area contributed by atoms with E-state index in [-0.39, 0.29) is 18.6 Å². The predicted octanol–water partition coefficient (Wildman–Crippen LogP) is 3.69. The summed E-state index contributed by atoms with van der Waals surface area (Å²) in [4.78, 5) is 23.8. The molecule has 0 aliphatic heterocycles. The molecule has 0 atom stereocenters. The number of hydrogen-bond donors (Lipinski definition) is 1. The van der Waals surface area contributed by atoms with Gasteiger partial charge in [0, 0.05) is 6.04 Å². The molecule has 1 saturated carbocycles. The van der Waals surface area contributed by atoms with Crippen molar-refractivity contribution < 1.29 is 19.1 Å². The Balaban J connectivity index is 1.47. The van der Waals surface area contributed by atoms with Crippen molar-refractivity contribution in [3.05, 3.63) is 60.2 Å². The van der Waals surface area contributed by atoms with Gasteiger partial charge in [0.2, 0.25) is 0 Å². The zero-order valence-corrected chi connectivity index (χ0v) is 13.9. The van der Waals surface area contributed by atoms with Crippen LogP contribution in [0.15, 0.2) is 54.6 Å². The second-order valence-corrected chi connectivity index (χ2v) is 6.06. The molecule has 0 saturated heterocycles. The Morgan fingerprint density at radius 2 is 1.56 bits per heavy atom. The topological polar surface area (TPSA) is 64.6 Å². The monoisotopic (exact) mass is 339 g/mol. The molecule has 130 valence electrons. The molecule has 1 aliphatic carbocycles. The molecule has 25 heavy (non-hydrogen) atoms. The van der Waals surface area contributed by atoms with Crippen LogP contribution in [0.4, 0.5) is 0 Å². The molecule has 2 aromatic carbocycles. The molecular weight excluding hydrogens is 318 g/mol. The van der Waals surface area contributed by atoms with Crippen molar-refractivity contribution in [2.75, 3.05) is 6.61 Å². The van der Waals surface area contributed by atoms with Crippen LogP contribution < -0.4 is 10.1 Å². The van der Waals surface area contributed by atoms with Crippen LogP contribution in [0.3, 0.4) is 0 Å². The fourth-order valence-corrected chi connectivity index (χ4v) is 2.84. The molecule has 5 nitrogen and oxygen atoms in total. The van der Waals surface area contributed by atoms with E-state index in [1.807, 2.05) is 30.3 Å². The van der Waals surface area contributed by atoms with Crippen LogP contribution in [0.25, 0.3) is 0 Å². The van der Waals surface area contributed by atoms with E-state index < -0.39 is 5.97 Å². The third-order valence-corrected chi connectivity index (χ3v) is 4.12. The number of amides is 1. The van der Waals surface area contributed by atoms with E-state index in [4.69, 9.17) is 9.47 Å². The van der Waals surface area contributed by atoms with Crippen molar-refractivity contribution in [1.82, 2.24) is 5.32 Å². The first-order valence-electron chi connectivity index (χ1n) is 8.50. The molecule has 0 radical (unpaired) electrons. The maximum Gasteiger partial charge on any atom is 0.338 e. The molecule has 1 fully saturated rings. The molecule has 1 N–H and O–H groups in total. The van der Waals surface area contributed by atoms with Crippen LogP contribution in [-0.2, 0) is 9.53 Å². The maximum atomic E-state index is 12.0. The Hall–Kier alpha value is -2.82. The Kier molecular flexibility index (Phi) is 5.67. The van der Waals surface area contributed by atoms with E-state index >= 15 is 0 Å². The van der Waals surface area contributed by atoms with Gasteiger partial charge in [-0.3, -0.25) is 4.79 Å². The first kappa shape index (κ1) is 17.0. The summed E-state index contributed by atoms with van der Waals surface area (Å²) in [5.74, 6) is 0.584. The van der Waals surface area contributed by atoms with Gasteiger partial charge in [0.05, 0.1) is 5.56 Å². The van der Waals surface area contributed by atoms with Gasteiger partial charge in [0.1, 0.15) is 11.5 Å². The normalized spacial score (nSPS) is 14.1. The Morgan fingerprint density at radius 3 is 2.24 bits per heavy atom. The minimum absolute atomic E-state index is 0.223. The van der Waals surface area contributed by atoms with E-state index in [1.165, 1.54) is 0 Å².